The standard InChI is InChI=1S/C20H21ClN2O2/c21-16-6-7-18-14(8-16)9-19(25-18)20(24)23-11-15(10-22)17(12-23)13-4-2-1-3-5-13/h1-8,15,17,19H,9-12,22H2/t15-,17+,19?/m1/s1. The van der Waals surface area contributed by atoms with Crippen molar-refractivity contribution in [3.8, 4) is 5.75 Å². The van der Waals surface area contributed by atoms with E-state index in [1.165, 1.54) is 5.56 Å². The summed E-state index contributed by atoms with van der Waals surface area (Å²) in [4.78, 5) is 14.9. The van der Waals surface area contributed by atoms with E-state index < -0.39 is 6.10 Å². The van der Waals surface area contributed by atoms with E-state index >= 15 is 0 Å². The van der Waals surface area contributed by atoms with Crippen LogP contribution in [-0.2, 0) is 11.2 Å². The second kappa shape index (κ2) is 6.70. The van der Waals surface area contributed by atoms with Gasteiger partial charge in [-0.3, -0.25) is 4.79 Å². The van der Waals surface area contributed by atoms with Crippen molar-refractivity contribution in [2.45, 2.75) is 18.4 Å². The van der Waals surface area contributed by atoms with Gasteiger partial charge in [0.25, 0.3) is 5.91 Å². The summed E-state index contributed by atoms with van der Waals surface area (Å²) in [6.07, 6.45) is 0.121. The number of hydrogen-bond donors (Lipinski definition) is 1. The number of fused-ring (bicyclic) bond motifs is 1. The van der Waals surface area contributed by atoms with Crippen LogP contribution < -0.4 is 10.5 Å². The molecule has 5 heteroatoms. The fourth-order valence-corrected chi connectivity index (χ4v) is 4.12. The van der Waals surface area contributed by atoms with Gasteiger partial charge in [0.2, 0.25) is 0 Å². The van der Waals surface area contributed by atoms with Crippen LogP contribution in [0, 0.1) is 5.92 Å². The fourth-order valence-electron chi connectivity index (χ4n) is 3.93. The molecule has 2 heterocycles. The predicted octanol–water partition coefficient (Wildman–Crippen LogP) is 2.84. The summed E-state index contributed by atoms with van der Waals surface area (Å²) in [5.41, 5.74) is 8.23. The number of amides is 1. The Morgan fingerprint density at radius 1 is 1.20 bits per heavy atom. The maximum absolute atomic E-state index is 13.0. The molecule has 130 valence electrons. The highest BCUT2D eigenvalue weighted by Gasteiger charge is 2.40. The van der Waals surface area contributed by atoms with Gasteiger partial charge < -0.3 is 15.4 Å². The molecule has 2 aliphatic rings. The van der Waals surface area contributed by atoms with Crippen LogP contribution in [0.1, 0.15) is 17.0 Å². The molecule has 3 atom stereocenters. The number of rotatable bonds is 3. The molecule has 0 aliphatic carbocycles. The maximum Gasteiger partial charge on any atom is 0.264 e. The van der Waals surface area contributed by atoms with Gasteiger partial charge in [-0.2, -0.15) is 0 Å². The first-order valence-corrected chi connectivity index (χ1v) is 9.02. The molecule has 4 nitrogen and oxygen atoms in total. The lowest BCUT2D eigenvalue weighted by Gasteiger charge is -2.20. The first-order chi connectivity index (χ1) is 12.2. The zero-order valence-corrected chi connectivity index (χ0v) is 14.7. The second-order valence-corrected chi connectivity index (χ2v) is 7.26. The topological polar surface area (TPSA) is 55.6 Å². The molecule has 2 aromatic carbocycles. The number of carbonyl (C=O) groups is 1. The third-order valence-electron chi connectivity index (χ3n) is 5.26. The molecular formula is C20H21ClN2O2. The minimum atomic E-state index is -0.457. The molecule has 0 spiro atoms. The molecule has 0 saturated carbocycles. The number of nitrogens with zero attached hydrogens (tertiary/aromatic N) is 1. The molecule has 1 saturated heterocycles. The summed E-state index contributed by atoms with van der Waals surface area (Å²) in [5.74, 6) is 1.37. The van der Waals surface area contributed by atoms with Crippen molar-refractivity contribution in [2.75, 3.05) is 19.6 Å². The number of nitrogens with two attached hydrogens (primary N) is 1. The minimum absolute atomic E-state index is 0.0456. The van der Waals surface area contributed by atoms with E-state index in [1.54, 1.807) is 6.07 Å². The van der Waals surface area contributed by atoms with E-state index in [-0.39, 0.29) is 17.7 Å². The molecule has 2 aromatic rings. The number of hydrogen-bond acceptors (Lipinski definition) is 3. The predicted molar refractivity (Wildman–Crippen MR) is 97.9 cm³/mol. The normalized spacial score (nSPS) is 24.9. The molecular weight excluding hydrogens is 336 g/mol. The first kappa shape index (κ1) is 16.4. The van der Waals surface area contributed by atoms with E-state index in [0.29, 0.717) is 31.1 Å². The van der Waals surface area contributed by atoms with E-state index in [2.05, 4.69) is 12.1 Å². The average Bonchev–Trinajstić information content (AvgIpc) is 3.25. The molecule has 0 radical (unpaired) electrons. The molecule has 1 amide bonds. The Hall–Kier alpha value is -2.04. The zero-order chi connectivity index (χ0) is 17.4. The Kier molecular flexibility index (Phi) is 4.40. The molecule has 25 heavy (non-hydrogen) atoms. The number of ether oxygens (including phenoxy) is 1. The van der Waals surface area contributed by atoms with Crippen LogP contribution in [0.5, 0.6) is 5.75 Å². The molecule has 0 bridgehead atoms. The van der Waals surface area contributed by atoms with Crippen LogP contribution in [0.4, 0.5) is 0 Å². The average molecular weight is 357 g/mol. The van der Waals surface area contributed by atoms with Crippen molar-refractivity contribution in [1.82, 2.24) is 4.90 Å². The number of halogens is 1. The number of benzene rings is 2. The summed E-state index contributed by atoms with van der Waals surface area (Å²) >= 11 is 6.04. The summed E-state index contributed by atoms with van der Waals surface area (Å²) in [7, 11) is 0. The third kappa shape index (κ3) is 3.12. The van der Waals surface area contributed by atoms with Crippen LogP contribution in [-0.4, -0.2) is 36.5 Å². The van der Waals surface area contributed by atoms with Crippen LogP contribution in [0.25, 0.3) is 0 Å². The smallest absolute Gasteiger partial charge is 0.264 e. The highest BCUT2D eigenvalue weighted by Crippen LogP contribution is 2.35. The lowest BCUT2D eigenvalue weighted by atomic mass is 9.89. The highest BCUT2D eigenvalue weighted by molar-refractivity contribution is 6.30. The monoisotopic (exact) mass is 356 g/mol. The van der Waals surface area contributed by atoms with Crippen molar-refractivity contribution in [3.05, 3.63) is 64.7 Å². The molecule has 0 aromatic heterocycles. The van der Waals surface area contributed by atoms with E-state index in [4.69, 9.17) is 22.1 Å². The minimum Gasteiger partial charge on any atom is -0.480 e. The van der Waals surface area contributed by atoms with E-state index in [9.17, 15) is 4.79 Å². The Bertz CT molecular complexity index is 781. The van der Waals surface area contributed by atoms with Gasteiger partial charge in [0, 0.05) is 30.5 Å². The van der Waals surface area contributed by atoms with Crippen molar-refractivity contribution in [2.24, 2.45) is 11.7 Å². The molecule has 1 fully saturated rings. The molecule has 1 unspecified atom stereocenters. The van der Waals surface area contributed by atoms with Gasteiger partial charge >= 0.3 is 0 Å². The van der Waals surface area contributed by atoms with Crippen molar-refractivity contribution < 1.29 is 9.53 Å². The Morgan fingerprint density at radius 3 is 2.76 bits per heavy atom. The Labute approximate surface area is 152 Å². The summed E-state index contributed by atoms with van der Waals surface area (Å²) in [6.45, 7) is 1.96. The quantitative estimate of drug-likeness (QED) is 0.920. The SMILES string of the molecule is NC[C@@H]1CN(C(=O)C2Cc3cc(Cl)ccc3O2)C[C@H]1c1ccccc1. The molecule has 2 N–H and O–H groups in total. The zero-order valence-electron chi connectivity index (χ0n) is 13.9. The van der Waals surface area contributed by atoms with E-state index in [0.717, 1.165) is 11.3 Å². The molecule has 4 rings (SSSR count). The lowest BCUT2D eigenvalue weighted by molar-refractivity contribution is -0.137. The van der Waals surface area contributed by atoms with Gasteiger partial charge in [-0.05, 0) is 41.8 Å². The van der Waals surface area contributed by atoms with Crippen LogP contribution in [0.3, 0.4) is 0 Å². The van der Waals surface area contributed by atoms with E-state index in [1.807, 2.05) is 35.2 Å². The van der Waals surface area contributed by atoms with Crippen LogP contribution in [0.2, 0.25) is 5.02 Å². The first-order valence-electron chi connectivity index (χ1n) is 8.64. The maximum atomic E-state index is 13.0. The van der Waals surface area contributed by atoms with Gasteiger partial charge in [-0.25, -0.2) is 0 Å². The third-order valence-corrected chi connectivity index (χ3v) is 5.49. The summed E-state index contributed by atoms with van der Waals surface area (Å²) in [5, 5.41) is 0.670. The fraction of sp³-hybridized carbons (Fsp3) is 0.350. The summed E-state index contributed by atoms with van der Waals surface area (Å²) < 4.78 is 5.86. The van der Waals surface area contributed by atoms with Crippen molar-refractivity contribution in [1.29, 1.82) is 0 Å². The largest absolute Gasteiger partial charge is 0.480 e. The highest BCUT2D eigenvalue weighted by atomic mass is 35.5. The number of likely N-dealkylation sites (tertiary alicyclic amines) is 1. The van der Waals surface area contributed by atoms with Gasteiger partial charge in [0.1, 0.15) is 5.75 Å². The van der Waals surface area contributed by atoms with Gasteiger partial charge in [-0.1, -0.05) is 41.9 Å². The Balaban J connectivity index is 1.49. The van der Waals surface area contributed by atoms with Gasteiger partial charge in [0.05, 0.1) is 0 Å². The van der Waals surface area contributed by atoms with Crippen LogP contribution >= 0.6 is 11.6 Å². The molecule has 2 aliphatic heterocycles. The van der Waals surface area contributed by atoms with Crippen LogP contribution in [0.15, 0.2) is 48.5 Å². The van der Waals surface area contributed by atoms with Gasteiger partial charge in [0.15, 0.2) is 6.10 Å². The van der Waals surface area contributed by atoms with Crippen molar-refractivity contribution >= 4 is 17.5 Å². The van der Waals surface area contributed by atoms with Crippen molar-refractivity contribution in [3.63, 3.8) is 0 Å². The number of carbonyl (C=O) groups excluding carboxylic acids is 1. The Morgan fingerprint density at radius 2 is 2.00 bits per heavy atom. The second-order valence-electron chi connectivity index (χ2n) is 6.82. The van der Waals surface area contributed by atoms with Gasteiger partial charge in [-0.15, -0.1) is 0 Å². The lowest BCUT2D eigenvalue weighted by Crippen LogP contribution is -2.40. The summed E-state index contributed by atoms with van der Waals surface area (Å²) in [6, 6.07) is 15.8.